The Balaban J connectivity index is 3.17. The quantitative estimate of drug-likeness (QED) is 0.605. The molecule has 0 radical (unpaired) electrons. The van der Waals surface area contributed by atoms with Crippen molar-refractivity contribution in [3.05, 3.63) is 0 Å². The van der Waals surface area contributed by atoms with Crippen molar-refractivity contribution in [2.45, 2.75) is 38.0 Å². The third-order valence-electron chi connectivity index (χ3n) is 2.36. The Morgan fingerprint density at radius 3 is 2.14 bits per heavy atom. The number of ether oxygens (including phenoxy) is 1. The van der Waals surface area contributed by atoms with Crippen molar-refractivity contribution >= 4 is 23.0 Å². The molecule has 0 aliphatic carbocycles. The summed E-state index contributed by atoms with van der Waals surface area (Å²) < 4.78 is 83.0. The number of alkyl carbamates (subject to hydrolysis) is 1. The monoisotopic (exact) mass is 353 g/mol. The second-order valence-corrected chi connectivity index (χ2v) is 5.57. The number of alkyl halides is 6. The van der Waals surface area contributed by atoms with Crippen LogP contribution in [0, 0.1) is 0 Å². The number of amidine groups is 1. The number of carbonyl (C=O) groups excluding carboxylic acids is 1. The number of amides is 1. The van der Waals surface area contributed by atoms with Gasteiger partial charge in [0.15, 0.2) is 5.17 Å². The van der Waals surface area contributed by atoms with Crippen molar-refractivity contribution in [3.63, 3.8) is 0 Å². The van der Waals surface area contributed by atoms with Crippen LogP contribution in [-0.2, 0) is 4.74 Å². The van der Waals surface area contributed by atoms with Crippen LogP contribution < -0.4 is 10.6 Å². The number of halogens is 6. The summed E-state index contributed by atoms with van der Waals surface area (Å²) in [5, 5.41) is 1.56. The van der Waals surface area contributed by atoms with Crippen molar-refractivity contribution in [1.29, 1.82) is 0 Å². The van der Waals surface area contributed by atoms with Gasteiger partial charge in [0.05, 0.1) is 12.6 Å². The molecule has 0 fully saturated rings. The summed E-state index contributed by atoms with van der Waals surface area (Å²) in [4.78, 5) is 14.8. The molecular weight excluding hydrogens is 340 g/mol. The second kappa shape index (κ2) is 6.42. The zero-order chi connectivity index (χ0) is 17.2. The minimum Gasteiger partial charge on any atom is -0.447 e. The highest BCUT2D eigenvalue weighted by Gasteiger charge is 2.73. The van der Waals surface area contributed by atoms with Gasteiger partial charge < -0.3 is 10.1 Å². The van der Waals surface area contributed by atoms with E-state index in [2.05, 4.69) is 9.73 Å². The third-order valence-corrected chi connectivity index (χ3v) is 3.25. The molecule has 22 heavy (non-hydrogen) atoms. The van der Waals surface area contributed by atoms with Crippen LogP contribution >= 0.6 is 11.8 Å². The van der Waals surface area contributed by atoms with E-state index in [1.54, 1.807) is 0 Å². The zero-order valence-corrected chi connectivity index (χ0v) is 12.2. The van der Waals surface area contributed by atoms with Crippen LogP contribution in [0.1, 0.15) is 13.8 Å². The number of hydrogen-bond donors (Lipinski definition) is 2. The number of nitrogens with zero attached hydrogens (tertiary/aromatic N) is 1. The van der Waals surface area contributed by atoms with Gasteiger partial charge in [0.25, 0.3) is 0 Å². The van der Waals surface area contributed by atoms with Gasteiger partial charge in [0.1, 0.15) is 0 Å². The molecule has 1 amide bonds. The molecule has 0 spiro atoms. The predicted octanol–water partition coefficient (Wildman–Crippen LogP) is 2.63. The maximum absolute atomic E-state index is 13.1. The molecule has 1 rings (SSSR count). The lowest BCUT2D eigenvalue weighted by atomic mass is 10.1. The van der Waals surface area contributed by atoms with E-state index in [0.29, 0.717) is 11.8 Å². The van der Waals surface area contributed by atoms with Crippen LogP contribution in [0.15, 0.2) is 4.99 Å². The lowest BCUT2D eigenvalue weighted by Crippen LogP contribution is -2.76. The van der Waals surface area contributed by atoms with Crippen LogP contribution in [0.25, 0.3) is 0 Å². The highest BCUT2D eigenvalue weighted by atomic mass is 32.2. The van der Waals surface area contributed by atoms with Gasteiger partial charge in [-0.25, -0.2) is 4.79 Å². The SMILES string of the molecule is CC(C)OC(=O)NC(NC1=NCCS1)(C(F)(F)F)C(F)(F)F. The van der Waals surface area contributed by atoms with Crippen LogP contribution in [0.3, 0.4) is 0 Å². The van der Waals surface area contributed by atoms with E-state index in [-0.39, 0.29) is 12.3 Å². The predicted molar refractivity (Wildman–Crippen MR) is 67.5 cm³/mol. The highest BCUT2D eigenvalue weighted by Crippen LogP contribution is 2.42. The Bertz CT molecular complexity index is 435. The maximum Gasteiger partial charge on any atom is 0.439 e. The first-order chi connectivity index (χ1) is 9.89. The summed E-state index contributed by atoms with van der Waals surface area (Å²) in [6.07, 6.45) is -14.5. The molecule has 0 aromatic heterocycles. The number of carbonyl (C=O) groups is 1. The van der Waals surface area contributed by atoms with Gasteiger partial charge >= 0.3 is 24.1 Å². The van der Waals surface area contributed by atoms with Crippen LogP contribution in [0.4, 0.5) is 31.1 Å². The summed E-state index contributed by atoms with van der Waals surface area (Å²) in [6.45, 7) is 2.65. The molecule has 128 valence electrons. The first-order valence-electron chi connectivity index (χ1n) is 5.97. The Morgan fingerprint density at radius 2 is 1.77 bits per heavy atom. The van der Waals surface area contributed by atoms with E-state index in [1.165, 1.54) is 19.2 Å². The smallest absolute Gasteiger partial charge is 0.439 e. The Hall–Kier alpha value is -1.33. The number of nitrogens with one attached hydrogen (secondary N) is 2. The molecule has 0 saturated carbocycles. The van der Waals surface area contributed by atoms with Gasteiger partial charge in [-0.1, -0.05) is 11.8 Å². The molecular formula is C10H13F6N3O2S. The van der Waals surface area contributed by atoms with Crippen molar-refractivity contribution in [2.24, 2.45) is 4.99 Å². The average molecular weight is 353 g/mol. The highest BCUT2D eigenvalue weighted by molar-refractivity contribution is 8.14. The van der Waals surface area contributed by atoms with Crippen molar-refractivity contribution in [3.8, 4) is 0 Å². The first kappa shape index (κ1) is 18.7. The lowest BCUT2D eigenvalue weighted by Gasteiger charge is -2.38. The van der Waals surface area contributed by atoms with Crippen LogP contribution in [-0.4, -0.2) is 47.7 Å². The molecule has 0 bridgehead atoms. The molecule has 1 heterocycles. The normalized spacial score (nSPS) is 16.5. The largest absolute Gasteiger partial charge is 0.447 e. The zero-order valence-electron chi connectivity index (χ0n) is 11.4. The molecule has 0 aromatic rings. The van der Waals surface area contributed by atoms with Crippen LogP contribution in [0.2, 0.25) is 0 Å². The molecule has 12 heteroatoms. The number of thioether (sulfide) groups is 1. The Kier molecular flexibility index (Phi) is 5.47. The van der Waals surface area contributed by atoms with Gasteiger partial charge in [-0.3, -0.25) is 10.3 Å². The standard InChI is InChI=1S/C10H13F6N3O2S/c1-5(2)21-7(20)19-8(9(11,12)13,10(14,15)16)18-6-17-3-4-22-6/h5H,3-4H2,1-2H3,(H,17,18)(H,19,20). The van der Waals surface area contributed by atoms with Gasteiger partial charge in [-0.05, 0) is 13.8 Å². The molecule has 0 atom stereocenters. The number of hydrogen-bond acceptors (Lipinski definition) is 5. The number of aliphatic imine (C=N–C) groups is 1. The van der Waals surface area contributed by atoms with Crippen molar-refractivity contribution in [1.82, 2.24) is 10.6 Å². The van der Waals surface area contributed by atoms with E-state index < -0.39 is 35.4 Å². The minimum atomic E-state index is -5.87. The maximum atomic E-state index is 13.1. The molecule has 0 aromatic carbocycles. The summed E-state index contributed by atoms with van der Waals surface area (Å²) in [5.74, 6) is 0.241. The summed E-state index contributed by atoms with van der Waals surface area (Å²) in [6, 6.07) is 0. The number of rotatable bonds is 3. The van der Waals surface area contributed by atoms with Gasteiger partial charge in [0.2, 0.25) is 0 Å². The minimum absolute atomic E-state index is 0.0786. The fourth-order valence-corrected chi connectivity index (χ4v) is 2.23. The molecule has 1 aliphatic heterocycles. The second-order valence-electron chi connectivity index (χ2n) is 4.48. The molecule has 1 aliphatic rings. The summed E-state index contributed by atoms with van der Waals surface area (Å²) in [7, 11) is 0. The Labute approximate surface area is 125 Å². The van der Waals surface area contributed by atoms with Gasteiger partial charge in [-0.2, -0.15) is 26.3 Å². The average Bonchev–Trinajstić information content (AvgIpc) is 2.76. The van der Waals surface area contributed by atoms with E-state index >= 15 is 0 Å². The molecule has 0 saturated heterocycles. The summed E-state index contributed by atoms with van der Waals surface area (Å²) in [5.41, 5.74) is -4.68. The molecule has 2 N–H and O–H groups in total. The van der Waals surface area contributed by atoms with E-state index in [4.69, 9.17) is 0 Å². The van der Waals surface area contributed by atoms with Crippen molar-refractivity contribution in [2.75, 3.05) is 12.3 Å². The third kappa shape index (κ3) is 4.11. The van der Waals surface area contributed by atoms with Crippen molar-refractivity contribution < 1.29 is 35.9 Å². The van der Waals surface area contributed by atoms with E-state index in [1.807, 2.05) is 0 Å². The topological polar surface area (TPSA) is 62.7 Å². The summed E-state index contributed by atoms with van der Waals surface area (Å²) >= 11 is 0.689. The van der Waals surface area contributed by atoms with Gasteiger partial charge in [0, 0.05) is 5.75 Å². The molecule has 5 nitrogen and oxygen atoms in total. The van der Waals surface area contributed by atoms with Crippen LogP contribution in [0.5, 0.6) is 0 Å². The first-order valence-corrected chi connectivity index (χ1v) is 6.95. The van der Waals surface area contributed by atoms with E-state index in [0.717, 1.165) is 5.32 Å². The fourth-order valence-electron chi connectivity index (χ4n) is 1.44. The molecule has 0 unspecified atom stereocenters. The van der Waals surface area contributed by atoms with Gasteiger partial charge in [-0.15, -0.1) is 0 Å². The van der Waals surface area contributed by atoms with E-state index in [9.17, 15) is 31.1 Å². The fraction of sp³-hybridized carbons (Fsp3) is 0.800. The Morgan fingerprint density at radius 1 is 1.23 bits per heavy atom. The lowest BCUT2D eigenvalue weighted by molar-refractivity contribution is -0.310.